The van der Waals surface area contributed by atoms with Gasteiger partial charge >= 0.3 is 0 Å². The van der Waals surface area contributed by atoms with Gasteiger partial charge in [0, 0.05) is 19.6 Å². The summed E-state index contributed by atoms with van der Waals surface area (Å²) in [4.78, 5) is 15.1. The number of hydrogen-bond acceptors (Lipinski definition) is 6. The summed E-state index contributed by atoms with van der Waals surface area (Å²) in [7, 11) is -3.85. The molecule has 1 aliphatic rings. The number of nitrogens with zero attached hydrogens (tertiary/aromatic N) is 4. The first-order chi connectivity index (χ1) is 14.0. The van der Waals surface area contributed by atoms with Crippen molar-refractivity contribution in [1.82, 2.24) is 18.0 Å². The third-order valence-corrected chi connectivity index (χ3v) is 7.72. The molecule has 1 saturated heterocycles. The van der Waals surface area contributed by atoms with Crippen LogP contribution in [0.5, 0.6) is 0 Å². The molecule has 29 heavy (non-hydrogen) atoms. The Balaban J connectivity index is 1.62. The van der Waals surface area contributed by atoms with E-state index < -0.39 is 16.1 Å². The number of rotatable bonds is 6. The molecule has 0 aliphatic carbocycles. The molecular formula is C20H22N4O3S2. The fraction of sp³-hybridized carbons (Fsp3) is 0.350. The SMILES string of the molecule is CCN(Cc1ccccc1)C(=O)C1CCCN1S(=O)(=O)c1cccc2nsnc12. The molecule has 152 valence electrons. The quantitative estimate of drug-likeness (QED) is 0.600. The molecule has 1 aliphatic heterocycles. The van der Waals surface area contributed by atoms with Crippen LogP contribution < -0.4 is 0 Å². The Morgan fingerprint density at radius 1 is 1.17 bits per heavy atom. The monoisotopic (exact) mass is 430 g/mol. The highest BCUT2D eigenvalue weighted by atomic mass is 32.2. The minimum atomic E-state index is -3.85. The van der Waals surface area contributed by atoms with Gasteiger partial charge in [-0.15, -0.1) is 0 Å². The first kappa shape index (κ1) is 19.9. The lowest BCUT2D eigenvalue weighted by atomic mass is 10.1. The minimum absolute atomic E-state index is 0.120. The number of carbonyl (C=O) groups is 1. The lowest BCUT2D eigenvalue weighted by molar-refractivity contribution is -0.135. The van der Waals surface area contributed by atoms with Gasteiger partial charge < -0.3 is 4.90 Å². The van der Waals surface area contributed by atoms with E-state index in [9.17, 15) is 13.2 Å². The molecule has 1 aromatic heterocycles. The summed E-state index contributed by atoms with van der Waals surface area (Å²) in [5, 5.41) is 0. The summed E-state index contributed by atoms with van der Waals surface area (Å²) >= 11 is 0.984. The molecule has 1 amide bonds. The topological polar surface area (TPSA) is 83.5 Å². The van der Waals surface area contributed by atoms with Crippen LogP contribution in [0.4, 0.5) is 0 Å². The van der Waals surface area contributed by atoms with Gasteiger partial charge in [0.1, 0.15) is 22.0 Å². The smallest absolute Gasteiger partial charge is 0.246 e. The van der Waals surface area contributed by atoms with E-state index in [1.807, 2.05) is 37.3 Å². The van der Waals surface area contributed by atoms with Crippen molar-refractivity contribution < 1.29 is 13.2 Å². The van der Waals surface area contributed by atoms with Crippen LogP contribution in [0, 0.1) is 0 Å². The lowest BCUT2D eigenvalue weighted by Gasteiger charge is -2.29. The number of amides is 1. The van der Waals surface area contributed by atoms with Crippen LogP contribution >= 0.6 is 11.7 Å². The molecule has 0 spiro atoms. The number of sulfonamides is 1. The van der Waals surface area contributed by atoms with E-state index in [1.165, 1.54) is 4.31 Å². The van der Waals surface area contributed by atoms with Gasteiger partial charge in [0.05, 0.1) is 11.7 Å². The van der Waals surface area contributed by atoms with Gasteiger partial charge in [-0.1, -0.05) is 36.4 Å². The number of benzene rings is 2. The van der Waals surface area contributed by atoms with Crippen molar-refractivity contribution in [2.24, 2.45) is 0 Å². The predicted octanol–water partition coefficient (Wildman–Crippen LogP) is 2.89. The first-order valence-corrected chi connectivity index (χ1v) is 11.7. The zero-order valence-electron chi connectivity index (χ0n) is 16.1. The minimum Gasteiger partial charge on any atom is -0.337 e. The lowest BCUT2D eigenvalue weighted by Crippen LogP contribution is -2.47. The second-order valence-corrected chi connectivity index (χ2v) is 9.39. The van der Waals surface area contributed by atoms with Crippen LogP contribution in [0.2, 0.25) is 0 Å². The molecule has 1 fully saturated rings. The van der Waals surface area contributed by atoms with E-state index in [2.05, 4.69) is 8.75 Å². The van der Waals surface area contributed by atoms with Gasteiger partial charge in [0.2, 0.25) is 15.9 Å². The molecule has 0 bridgehead atoms. The Morgan fingerprint density at radius 2 is 1.97 bits per heavy atom. The van der Waals surface area contributed by atoms with Gasteiger partial charge in [-0.05, 0) is 37.5 Å². The zero-order valence-corrected chi connectivity index (χ0v) is 17.7. The summed E-state index contributed by atoms with van der Waals surface area (Å²) < 4.78 is 36.5. The fourth-order valence-electron chi connectivity index (χ4n) is 3.75. The van der Waals surface area contributed by atoms with Gasteiger partial charge in [-0.3, -0.25) is 4.79 Å². The first-order valence-electron chi connectivity index (χ1n) is 9.58. The largest absolute Gasteiger partial charge is 0.337 e. The van der Waals surface area contributed by atoms with E-state index >= 15 is 0 Å². The van der Waals surface area contributed by atoms with Crippen molar-refractivity contribution in [2.45, 2.75) is 37.2 Å². The molecular weight excluding hydrogens is 408 g/mol. The van der Waals surface area contributed by atoms with Gasteiger partial charge in [-0.25, -0.2) is 8.42 Å². The second-order valence-electron chi connectivity index (χ2n) is 7.00. The van der Waals surface area contributed by atoms with Gasteiger partial charge in [-0.2, -0.15) is 13.1 Å². The third-order valence-electron chi connectivity index (χ3n) is 5.23. The molecule has 0 saturated carbocycles. The maximum Gasteiger partial charge on any atom is 0.246 e. The highest BCUT2D eigenvalue weighted by Gasteiger charge is 2.41. The van der Waals surface area contributed by atoms with Crippen LogP contribution in [0.15, 0.2) is 53.4 Å². The van der Waals surface area contributed by atoms with E-state index in [1.54, 1.807) is 23.1 Å². The number of likely N-dealkylation sites (N-methyl/N-ethyl adjacent to an activating group) is 1. The molecule has 9 heteroatoms. The molecule has 3 aromatic rings. The summed E-state index contributed by atoms with van der Waals surface area (Å²) in [6.07, 6.45) is 1.18. The van der Waals surface area contributed by atoms with E-state index in [4.69, 9.17) is 0 Å². The molecule has 0 N–H and O–H groups in total. The van der Waals surface area contributed by atoms with Crippen LogP contribution in [0.1, 0.15) is 25.3 Å². The van der Waals surface area contributed by atoms with Crippen molar-refractivity contribution in [3.8, 4) is 0 Å². The normalized spacial score (nSPS) is 17.6. The third kappa shape index (κ3) is 3.77. The maximum atomic E-state index is 13.4. The van der Waals surface area contributed by atoms with Crippen molar-refractivity contribution in [1.29, 1.82) is 0 Å². The predicted molar refractivity (Wildman–Crippen MR) is 112 cm³/mol. The van der Waals surface area contributed by atoms with E-state index in [0.717, 1.165) is 17.3 Å². The van der Waals surface area contributed by atoms with Crippen LogP contribution in [0.3, 0.4) is 0 Å². The van der Waals surface area contributed by atoms with Crippen molar-refractivity contribution in [2.75, 3.05) is 13.1 Å². The summed E-state index contributed by atoms with van der Waals surface area (Å²) in [5.74, 6) is -0.152. The molecule has 1 unspecified atom stereocenters. The maximum absolute atomic E-state index is 13.4. The molecule has 7 nitrogen and oxygen atoms in total. The van der Waals surface area contributed by atoms with Crippen LogP contribution in [-0.4, -0.2) is 51.4 Å². The standard InChI is InChI=1S/C20H22N4O3S2/c1-2-23(14-15-8-4-3-5-9-15)20(25)17-11-7-13-24(17)29(26,27)18-12-6-10-16-19(18)22-28-21-16/h3-6,8-10,12,17H,2,7,11,13-14H2,1H3. The van der Waals surface area contributed by atoms with Crippen LogP contribution in [0.25, 0.3) is 11.0 Å². The average molecular weight is 431 g/mol. The molecule has 4 rings (SSSR count). The molecule has 2 heterocycles. The highest BCUT2D eigenvalue weighted by molar-refractivity contribution is 7.89. The molecule has 0 radical (unpaired) electrons. The van der Waals surface area contributed by atoms with E-state index in [-0.39, 0.29) is 10.8 Å². The number of hydrogen-bond donors (Lipinski definition) is 0. The van der Waals surface area contributed by atoms with Crippen molar-refractivity contribution >= 4 is 38.7 Å². The second kappa shape index (κ2) is 8.17. The summed E-state index contributed by atoms with van der Waals surface area (Å²) in [6.45, 7) is 3.22. The Kier molecular flexibility index (Phi) is 5.62. The van der Waals surface area contributed by atoms with Gasteiger partial charge in [0.25, 0.3) is 0 Å². The van der Waals surface area contributed by atoms with Crippen molar-refractivity contribution in [3.63, 3.8) is 0 Å². The van der Waals surface area contributed by atoms with Crippen LogP contribution in [-0.2, 0) is 21.4 Å². The molecule has 1 atom stereocenters. The number of aromatic nitrogens is 2. The Bertz CT molecular complexity index is 1110. The summed E-state index contributed by atoms with van der Waals surface area (Å²) in [5.41, 5.74) is 1.94. The molecule has 2 aromatic carbocycles. The number of fused-ring (bicyclic) bond motifs is 1. The summed E-state index contributed by atoms with van der Waals surface area (Å²) in [6, 6.07) is 14.0. The van der Waals surface area contributed by atoms with Crippen molar-refractivity contribution in [3.05, 3.63) is 54.1 Å². The average Bonchev–Trinajstić information content (AvgIpc) is 3.41. The van der Waals surface area contributed by atoms with E-state index in [0.29, 0.717) is 43.5 Å². The fourth-order valence-corrected chi connectivity index (χ4v) is 6.16. The Morgan fingerprint density at radius 3 is 2.72 bits per heavy atom. The van der Waals surface area contributed by atoms with Gasteiger partial charge in [0.15, 0.2) is 0 Å². The zero-order chi connectivity index (χ0) is 20.4. The Hall–Kier alpha value is -2.36. The Labute approximate surface area is 174 Å². The highest BCUT2D eigenvalue weighted by Crippen LogP contribution is 2.31. The number of carbonyl (C=O) groups excluding carboxylic acids is 1.